The topological polar surface area (TPSA) is 23.5 Å². The van der Waals surface area contributed by atoms with Gasteiger partial charge in [-0.3, -0.25) is 4.90 Å². The molecule has 2 nitrogen and oxygen atoms in total. The zero-order valence-corrected chi connectivity index (χ0v) is 13.6. The summed E-state index contributed by atoms with van der Waals surface area (Å²) in [6.07, 6.45) is 5.52. The molecule has 0 aromatic heterocycles. The quantitative estimate of drug-likeness (QED) is 0.698. The Kier molecular flexibility index (Phi) is 9.61. The summed E-state index contributed by atoms with van der Waals surface area (Å²) in [5.41, 5.74) is 2.40. The van der Waals surface area contributed by atoms with Crippen molar-refractivity contribution < 1.29 is 5.11 Å². The van der Waals surface area contributed by atoms with Gasteiger partial charge in [0.25, 0.3) is 0 Å². The second-order valence-electron chi connectivity index (χ2n) is 5.42. The maximum absolute atomic E-state index is 8.84. The van der Waals surface area contributed by atoms with Crippen LogP contribution in [0.4, 0.5) is 0 Å². The minimum atomic E-state index is 0.133. The van der Waals surface area contributed by atoms with E-state index in [0.717, 1.165) is 25.2 Å². The summed E-state index contributed by atoms with van der Waals surface area (Å²) >= 11 is 0. The molecule has 0 spiro atoms. The molecule has 0 unspecified atom stereocenters. The Hall–Kier alpha value is -1.30. The fourth-order valence-corrected chi connectivity index (χ4v) is 2.27. The third kappa shape index (κ3) is 7.32. The van der Waals surface area contributed by atoms with Gasteiger partial charge in [-0.2, -0.15) is 0 Å². The molecule has 0 fully saturated rings. The van der Waals surface area contributed by atoms with Gasteiger partial charge in [-0.1, -0.05) is 56.7 Å². The van der Waals surface area contributed by atoms with Crippen LogP contribution in [0, 0.1) is 11.8 Å². The predicted molar refractivity (Wildman–Crippen MR) is 90.1 cm³/mol. The van der Waals surface area contributed by atoms with Crippen LogP contribution in [-0.4, -0.2) is 29.7 Å². The van der Waals surface area contributed by atoms with Crippen LogP contribution >= 0.6 is 0 Å². The number of benzene rings is 1. The Bertz CT molecular complexity index is 436. The minimum absolute atomic E-state index is 0.133. The average Bonchev–Trinajstić information content (AvgIpc) is 2.51. The first-order valence-electron chi connectivity index (χ1n) is 8.21. The van der Waals surface area contributed by atoms with Crippen molar-refractivity contribution in [3.05, 3.63) is 35.4 Å². The third-order valence-electron chi connectivity index (χ3n) is 3.53. The van der Waals surface area contributed by atoms with Crippen molar-refractivity contribution in [2.45, 2.75) is 52.5 Å². The lowest BCUT2D eigenvalue weighted by atomic mass is 10.1. The maximum atomic E-state index is 8.84. The zero-order chi connectivity index (χ0) is 15.3. The second-order valence-corrected chi connectivity index (χ2v) is 5.42. The van der Waals surface area contributed by atoms with Crippen LogP contribution in [0.25, 0.3) is 0 Å². The van der Waals surface area contributed by atoms with E-state index in [0.29, 0.717) is 6.42 Å². The minimum Gasteiger partial charge on any atom is -0.395 e. The van der Waals surface area contributed by atoms with Crippen molar-refractivity contribution in [3.63, 3.8) is 0 Å². The number of nitrogens with zero attached hydrogens (tertiary/aromatic N) is 1. The fourth-order valence-electron chi connectivity index (χ4n) is 2.27. The lowest BCUT2D eigenvalue weighted by Gasteiger charge is -2.22. The van der Waals surface area contributed by atoms with E-state index in [1.807, 2.05) is 6.07 Å². The van der Waals surface area contributed by atoms with E-state index in [1.54, 1.807) is 0 Å². The van der Waals surface area contributed by atoms with Gasteiger partial charge in [-0.15, -0.1) is 0 Å². The van der Waals surface area contributed by atoms with Crippen molar-refractivity contribution in [3.8, 4) is 11.8 Å². The van der Waals surface area contributed by atoms with Gasteiger partial charge in [0.2, 0.25) is 0 Å². The van der Waals surface area contributed by atoms with Gasteiger partial charge in [-0.25, -0.2) is 0 Å². The smallest absolute Gasteiger partial charge is 0.0540 e. The molecule has 0 aliphatic heterocycles. The van der Waals surface area contributed by atoms with Crippen LogP contribution in [0.5, 0.6) is 0 Å². The monoisotopic (exact) mass is 287 g/mol. The van der Waals surface area contributed by atoms with Gasteiger partial charge in [-0.05, 0) is 37.6 Å². The van der Waals surface area contributed by atoms with E-state index in [2.05, 4.69) is 48.8 Å². The first-order chi connectivity index (χ1) is 10.3. The second kappa shape index (κ2) is 11.4. The highest BCUT2D eigenvalue weighted by Crippen LogP contribution is 2.12. The number of hydrogen-bond acceptors (Lipinski definition) is 2. The molecule has 0 saturated heterocycles. The fraction of sp³-hybridized carbons (Fsp3) is 0.579. The van der Waals surface area contributed by atoms with Gasteiger partial charge in [0.05, 0.1) is 6.61 Å². The van der Waals surface area contributed by atoms with E-state index in [-0.39, 0.29) is 6.61 Å². The lowest BCUT2D eigenvalue weighted by molar-refractivity contribution is 0.257. The highest BCUT2D eigenvalue weighted by molar-refractivity contribution is 5.41. The van der Waals surface area contributed by atoms with Crippen molar-refractivity contribution in [1.29, 1.82) is 0 Å². The van der Waals surface area contributed by atoms with Gasteiger partial charge < -0.3 is 5.11 Å². The number of hydrogen-bond donors (Lipinski definition) is 1. The number of unbranched alkanes of at least 4 members (excludes halogenated alkanes) is 2. The molecular weight excluding hydrogens is 258 g/mol. The van der Waals surface area contributed by atoms with Crippen molar-refractivity contribution in [2.24, 2.45) is 0 Å². The lowest BCUT2D eigenvalue weighted by Crippen LogP contribution is -2.26. The number of rotatable bonds is 9. The highest BCUT2D eigenvalue weighted by Gasteiger charge is 2.07. The van der Waals surface area contributed by atoms with Crippen molar-refractivity contribution >= 4 is 0 Å². The van der Waals surface area contributed by atoms with Crippen molar-refractivity contribution in [1.82, 2.24) is 4.90 Å². The zero-order valence-electron chi connectivity index (χ0n) is 13.6. The Balaban J connectivity index is 2.75. The molecule has 0 bridgehead atoms. The molecule has 1 aromatic carbocycles. The standard InChI is InChI=1S/C19H29NO/c1-3-5-14-20(15-6-4-2)17-19-13-8-7-11-18(19)12-9-10-16-21/h7-8,11,13,21H,3-6,10,14-17H2,1-2H3. The Labute approximate surface area is 130 Å². The van der Waals surface area contributed by atoms with E-state index in [4.69, 9.17) is 5.11 Å². The summed E-state index contributed by atoms with van der Waals surface area (Å²) in [4.78, 5) is 2.54. The largest absolute Gasteiger partial charge is 0.395 e. The number of aliphatic hydroxyl groups is 1. The summed E-state index contributed by atoms with van der Waals surface area (Å²) in [6, 6.07) is 8.38. The molecule has 0 radical (unpaired) electrons. The van der Waals surface area contributed by atoms with Gasteiger partial charge >= 0.3 is 0 Å². The van der Waals surface area contributed by atoms with Crippen LogP contribution in [0.3, 0.4) is 0 Å². The summed E-state index contributed by atoms with van der Waals surface area (Å²) in [5, 5.41) is 8.84. The summed E-state index contributed by atoms with van der Waals surface area (Å²) in [6.45, 7) is 7.92. The molecule has 116 valence electrons. The van der Waals surface area contributed by atoms with E-state index < -0.39 is 0 Å². The molecule has 0 amide bonds. The molecule has 0 heterocycles. The molecule has 2 heteroatoms. The molecule has 1 rings (SSSR count). The summed E-state index contributed by atoms with van der Waals surface area (Å²) in [5.74, 6) is 6.23. The van der Waals surface area contributed by atoms with Crippen molar-refractivity contribution in [2.75, 3.05) is 19.7 Å². The van der Waals surface area contributed by atoms with Crippen LogP contribution in [0.2, 0.25) is 0 Å². The van der Waals surface area contributed by atoms with Gasteiger partial charge in [0.1, 0.15) is 0 Å². The first kappa shape index (κ1) is 17.8. The average molecular weight is 287 g/mol. The molecule has 0 aliphatic rings. The summed E-state index contributed by atoms with van der Waals surface area (Å²) < 4.78 is 0. The van der Waals surface area contributed by atoms with Crippen LogP contribution in [-0.2, 0) is 6.54 Å². The normalized spacial score (nSPS) is 10.5. The molecule has 0 saturated carbocycles. The Morgan fingerprint density at radius 3 is 2.33 bits per heavy atom. The van der Waals surface area contributed by atoms with Gasteiger partial charge in [0.15, 0.2) is 0 Å². The Morgan fingerprint density at radius 2 is 1.71 bits per heavy atom. The van der Waals surface area contributed by atoms with Crippen LogP contribution < -0.4 is 0 Å². The highest BCUT2D eigenvalue weighted by atomic mass is 16.2. The van der Waals surface area contributed by atoms with E-state index in [9.17, 15) is 0 Å². The molecule has 1 N–H and O–H groups in total. The first-order valence-corrected chi connectivity index (χ1v) is 8.21. The molecule has 1 aromatic rings. The maximum Gasteiger partial charge on any atom is 0.0540 e. The molecule has 21 heavy (non-hydrogen) atoms. The number of aliphatic hydroxyl groups excluding tert-OH is 1. The molecular formula is C19H29NO. The van der Waals surface area contributed by atoms with Crippen LogP contribution in [0.1, 0.15) is 57.1 Å². The summed E-state index contributed by atoms with van der Waals surface area (Å²) in [7, 11) is 0. The van der Waals surface area contributed by atoms with Crippen LogP contribution in [0.15, 0.2) is 24.3 Å². The molecule has 0 aliphatic carbocycles. The SMILES string of the molecule is CCCCN(CCCC)Cc1ccccc1C#CCCO. The predicted octanol–water partition coefficient (Wildman–Crippen LogP) is 3.82. The van der Waals surface area contributed by atoms with E-state index >= 15 is 0 Å². The molecule has 0 atom stereocenters. The Morgan fingerprint density at radius 1 is 1.05 bits per heavy atom. The van der Waals surface area contributed by atoms with Gasteiger partial charge in [0, 0.05) is 18.5 Å². The van der Waals surface area contributed by atoms with E-state index in [1.165, 1.54) is 31.2 Å². The third-order valence-corrected chi connectivity index (χ3v) is 3.53.